The maximum atomic E-state index is 4.69. The third-order valence-electron chi connectivity index (χ3n) is 5.29. The van der Waals surface area contributed by atoms with Gasteiger partial charge in [-0.05, 0) is 44.0 Å². The van der Waals surface area contributed by atoms with Crippen molar-refractivity contribution in [3.63, 3.8) is 0 Å². The molecule has 4 aromatic rings. The molecule has 1 fully saturated rings. The first-order valence-corrected chi connectivity index (χ1v) is 9.20. The first-order chi connectivity index (χ1) is 12.8. The molecular weight excluding hydrogens is 322 g/mol. The molecule has 4 heterocycles. The van der Waals surface area contributed by atoms with Crippen molar-refractivity contribution in [3.05, 3.63) is 66.2 Å². The van der Waals surface area contributed by atoms with Gasteiger partial charge in [-0.1, -0.05) is 24.3 Å². The highest BCUT2D eigenvalue weighted by Gasteiger charge is 2.26. The maximum absolute atomic E-state index is 4.69. The van der Waals surface area contributed by atoms with E-state index in [9.17, 15) is 0 Å². The van der Waals surface area contributed by atoms with Gasteiger partial charge >= 0.3 is 0 Å². The van der Waals surface area contributed by atoms with Crippen LogP contribution in [-0.2, 0) is 0 Å². The average molecular weight is 343 g/mol. The molecule has 1 aromatic carbocycles. The van der Waals surface area contributed by atoms with E-state index < -0.39 is 0 Å². The van der Waals surface area contributed by atoms with Crippen LogP contribution in [-0.4, -0.2) is 32.7 Å². The summed E-state index contributed by atoms with van der Waals surface area (Å²) in [5.41, 5.74) is 4.34. The largest absolute Gasteiger partial charge is 0.370 e. The molecule has 0 saturated carbocycles. The van der Waals surface area contributed by atoms with Crippen LogP contribution in [0.1, 0.15) is 30.3 Å². The number of aryl methyl sites for hydroxylation is 1. The van der Waals surface area contributed by atoms with Crippen LogP contribution in [0.4, 0.5) is 5.69 Å². The van der Waals surface area contributed by atoms with Crippen LogP contribution < -0.4 is 4.90 Å². The van der Waals surface area contributed by atoms with E-state index in [1.165, 1.54) is 11.1 Å². The average Bonchev–Trinajstić information content (AvgIpc) is 3.11. The number of hydrogen-bond donors (Lipinski definition) is 0. The second-order valence-corrected chi connectivity index (χ2v) is 7.07. The Morgan fingerprint density at radius 1 is 1.04 bits per heavy atom. The normalized spacial score (nSPS) is 17.9. The van der Waals surface area contributed by atoms with E-state index in [4.69, 9.17) is 0 Å². The molecule has 1 aliphatic rings. The number of benzene rings is 1. The van der Waals surface area contributed by atoms with E-state index in [1.54, 1.807) is 0 Å². The standard InChI is InChI=1S/C21H21N5/c1-15-13-19(17-8-2-3-9-18(17)22-15)25-11-6-7-16(14-25)21-24-23-20-10-4-5-12-26(20)21/h2-5,8-10,12-13,16H,6-7,11,14H2,1H3/t16-/m1/s1. The van der Waals surface area contributed by atoms with Gasteiger partial charge in [0.1, 0.15) is 5.82 Å². The fourth-order valence-electron chi connectivity index (χ4n) is 4.09. The Bertz CT molecular complexity index is 1080. The van der Waals surface area contributed by atoms with Gasteiger partial charge in [-0.25, -0.2) is 0 Å². The molecular formula is C21H21N5. The smallest absolute Gasteiger partial charge is 0.160 e. The number of anilines is 1. The van der Waals surface area contributed by atoms with E-state index in [1.807, 2.05) is 18.2 Å². The molecule has 5 rings (SSSR count). The van der Waals surface area contributed by atoms with Crippen LogP contribution in [0.25, 0.3) is 16.6 Å². The molecule has 0 unspecified atom stereocenters. The first-order valence-electron chi connectivity index (χ1n) is 9.20. The molecule has 5 nitrogen and oxygen atoms in total. The first kappa shape index (κ1) is 15.3. The topological polar surface area (TPSA) is 46.3 Å². The van der Waals surface area contributed by atoms with Crippen molar-refractivity contribution in [2.75, 3.05) is 18.0 Å². The number of hydrogen-bond acceptors (Lipinski definition) is 4. The van der Waals surface area contributed by atoms with Crippen molar-refractivity contribution in [2.45, 2.75) is 25.7 Å². The number of para-hydroxylation sites is 1. The number of nitrogens with zero attached hydrogens (tertiary/aromatic N) is 5. The van der Waals surface area contributed by atoms with Gasteiger partial charge in [0.25, 0.3) is 0 Å². The Hall–Kier alpha value is -2.95. The summed E-state index contributed by atoms with van der Waals surface area (Å²) in [7, 11) is 0. The van der Waals surface area contributed by atoms with Crippen molar-refractivity contribution >= 4 is 22.2 Å². The van der Waals surface area contributed by atoms with E-state index in [-0.39, 0.29) is 0 Å². The van der Waals surface area contributed by atoms with Crippen molar-refractivity contribution in [1.82, 2.24) is 19.6 Å². The lowest BCUT2D eigenvalue weighted by molar-refractivity contribution is 0.489. The Kier molecular flexibility index (Phi) is 3.59. The lowest BCUT2D eigenvalue weighted by atomic mass is 9.96. The molecule has 26 heavy (non-hydrogen) atoms. The SMILES string of the molecule is Cc1cc(N2CCC[C@@H](c3nnc4ccccn34)C2)c2ccccc2n1. The molecule has 1 atom stereocenters. The van der Waals surface area contributed by atoms with Crippen molar-refractivity contribution < 1.29 is 0 Å². The summed E-state index contributed by atoms with van der Waals surface area (Å²) in [4.78, 5) is 7.18. The molecule has 1 saturated heterocycles. The predicted molar refractivity (Wildman–Crippen MR) is 104 cm³/mol. The molecule has 0 N–H and O–H groups in total. The molecule has 0 aliphatic carbocycles. The molecule has 0 spiro atoms. The zero-order valence-electron chi connectivity index (χ0n) is 14.8. The molecule has 5 heteroatoms. The van der Waals surface area contributed by atoms with E-state index in [0.29, 0.717) is 5.92 Å². The number of piperidine rings is 1. The zero-order chi connectivity index (χ0) is 17.5. The van der Waals surface area contributed by atoms with Crippen LogP contribution in [0.3, 0.4) is 0 Å². The van der Waals surface area contributed by atoms with Crippen LogP contribution in [0.15, 0.2) is 54.7 Å². The predicted octanol–water partition coefficient (Wildman–Crippen LogP) is 3.97. The lowest BCUT2D eigenvalue weighted by Crippen LogP contribution is -2.35. The lowest BCUT2D eigenvalue weighted by Gasteiger charge is -2.34. The van der Waals surface area contributed by atoms with Gasteiger partial charge in [-0.2, -0.15) is 0 Å². The number of rotatable bonds is 2. The number of aromatic nitrogens is 4. The Morgan fingerprint density at radius 3 is 2.88 bits per heavy atom. The van der Waals surface area contributed by atoms with Gasteiger partial charge in [-0.15, -0.1) is 10.2 Å². The minimum absolute atomic E-state index is 0.383. The van der Waals surface area contributed by atoms with Gasteiger partial charge in [0.05, 0.1) is 5.52 Å². The number of pyridine rings is 2. The monoisotopic (exact) mass is 343 g/mol. The molecule has 0 radical (unpaired) electrons. The Morgan fingerprint density at radius 2 is 1.92 bits per heavy atom. The van der Waals surface area contributed by atoms with Crippen molar-refractivity contribution in [3.8, 4) is 0 Å². The third-order valence-corrected chi connectivity index (χ3v) is 5.29. The van der Waals surface area contributed by atoms with Crippen molar-refractivity contribution in [2.24, 2.45) is 0 Å². The van der Waals surface area contributed by atoms with E-state index in [2.05, 4.69) is 67.9 Å². The summed E-state index contributed by atoms with van der Waals surface area (Å²) in [5.74, 6) is 1.45. The highest BCUT2D eigenvalue weighted by molar-refractivity contribution is 5.92. The van der Waals surface area contributed by atoms with E-state index >= 15 is 0 Å². The minimum atomic E-state index is 0.383. The van der Waals surface area contributed by atoms with E-state index in [0.717, 1.165) is 48.6 Å². The highest BCUT2D eigenvalue weighted by atomic mass is 15.3. The highest BCUT2D eigenvalue weighted by Crippen LogP contribution is 2.33. The van der Waals surface area contributed by atoms with Crippen molar-refractivity contribution in [1.29, 1.82) is 0 Å². The summed E-state index contributed by atoms with van der Waals surface area (Å²) in [6.45, 7) is 4.10. The van der Waals surface area contributed by atoms with Gasteiger partial charge in [0, 0.05) is 42.0 Å². The summed E-state index contributed by atoms with van der Waals surface area (Å²) in [6, 6.07) is 16.7. The molecule has 0 amide bonds. The Balaban J connectivity index is 1.54. The Labute approximate surface area is 152 Å². The van der Waals surface area contributed by atoms with Crippen LogP contribution in [0, 0.1) is 6.92 Å². The number of fused-ring (bicyclic) bond motifs is 2. The third kappa shape index (κ3) is 2.51. The summed E-state index contributed by atoms with van der Waals surface area (Å²) in [6.07, 6.45) is 4.37. The summed E-state index contributed by atoms with van der Waals surface area (Å²) in [5, 5.41) is 10.1. The molecule has 1 aliphatic heterocycles. The molecule has 3 aromatic heterocycles. The van der Waals surface area contributed by atoms with Gasteiger partial charge in [0.2, 0.25) is 0 Å². The molecule has 130 valence electrons. The minimum Gasteiger partial charge on any atom is -0.370 e. The van der Waals surface area contributed by atoms with Gasteiger partial charge < -0.3 is 4.90 Å². The van der Waals surface area contributed by atoms with Gasteiger partial charge in [0.15, 0.2) is 5.65 Å². The zero-order valence-corrected chi connectivity index (χ0v) is 14.8. The summed E-state index contributed by atoms with van der Waals surface area (Å²) < 4.78 is 2.13. The maximum Gasteiger partial charge on any atom is 0.160 e. The molecule has 0 bridgehead atoms. The summed E-state index contributed by atoms with van der Waals surface area (Å²) >= 11 is 0. The fourth-order valence-corrected chi connectivity index (χ4v) is 4.09. The quantitative estimate of drug-likeness (QED) is 0.552. The second kappa shape index (κ2) is 6.09. The van der Waals surface area contributed by atoms with Gasteiger partial charge in [-0.3, -0.25) is 9.38 Å². The van der Waals surface area contributed by atoms with Crippen LogP contribution in [0.5, 0.6) is 0 Å². The van der Waals surface area contributed by atoms with Crippen LogP contribution in [0.2, 0.25) is 0 Å². The van der Waals surface area contributed by atoms with Crippen LogP contribution >= 0.6 is 0 Å². The fraction of sp³-hybridized carbons (Fsp3) is 0.286. The second-order valence-electron chi connectivity index (χ2n) is 7.07.